The van der Waals surface area contributed by atoms with E-state index >= 15 is 0 Å². The van der Waals surface area contributed by atoms with E-state index in [1.165, 1.54) is 38.2 Å². The number of rotatable bonds is 28. The first-order chi connectivity index (χ1) is 44.1. The summed E-state index contributed by atoms with van der Waals surface area (Å²) in [4.78, 5) is 102. The van der Waals surface area contributed by atoms with Gasteiger partial charge >= 0.3 is 22.4 Å². The highest BCUT2D eigenvalue weighted by Crippen LogP contribution is 2.52. The zero-order valence-corrected chi connectivity index (χ0v) is 52.9. The number of ether oxygens (including phenoxy) is 8. The van der Waals surface area contributed by atoms with Crippen LogP contribution in [0.3, 0.4) is 0 Å². The molecule has 3 fully saturated rings. The number of fused-ring (bicyclic) bond motifs is 5. The van der Waals surface area contributed by atoms with E-state index in [1.54, 1.807) is 61.4 Å². The third-order valence-electron chi connectivity index (χ3n) is 16.6. The number of aliphatic hydroxyl groups excluding tert-OH is 1. The van der Waals surface area contributed by atoms with Crippen molar-refractivity contribution < 1.29 is 85.0 Å². The van der Waals surface area contributed by atoms with Gasteiger partial charge in [0.25, 0.3) is 11.8 Å². The van der Waals surface area contributed by atoms with Crippen molar-refractivity contribution in [3.8, 4) is 34.8 Å². The molecule has 0 bridgehead atoms. The standard InChI is InChI=1S/C64H79N9O18S/c1-37(2)57(69-56(74)36-87-24-23-86-22-19-66-92(82,83)70-63(80)90-35-48-44-13-10-8-9-11-14-45(44)48)59(76)67-40(5)58(75)68-42-17-15-41(16-18-42)34-91-64(81)73-50-30-55(53(85-7)28-47(50)61(78)72-33-39(4)26-51(72)62(73)79)89-21-12-20-88-54-29-49-46(27-52(54)84-6)60(77)71-32-38(3)25-43(71)31-65-49/h15-18,27-31,37,40,43-45,48,51,57,62,66,79H,3-4,10-14,19-26,32-36H2,1-2,5-7H3,(H,67,76)(H,68,75)(H,69,74)(H,70,80)/t40-,43-,44-,45+,48-,51-,57-,62-/m0/s1. The molecule has 0 aromatic heterocycles. The van der Waals surface area contributed by atoms with E-state index in [9.17, 15) is 47.1 Å². The number of amides is 7. The number of aliphatic imine (C=N–C) groups is 1. The van der Waals surface area contributed by atoms with E-state index in [0.717, 1.165) is 36.2 Å². The lowest BCUT2D eigenvalue weighted by Gasteiger charge is -2.31. The fourth-order valence-corrected chi connectivity index (χ4v) is 12.4. The predicted octanol–water partition coefficient (Wildman–Crippen LogP) is 4.90. The van der Waals surface area contributed by atoms with Crippen LogP contribution >= 0.6 is 0 Å². The van der Waals surface area contributed by atoms with E-state index in [-0.39, 0.29) is 106 Å². The molecule has 6 aliphatic rings. The van der Waals surface area contributed by atoms with Crippen LogP contribution in [0.25, 0.3) is 0 Å². The van der Waals surface area contributed by atoms with Gasteiger partial charge in [-0.25, -0.2) is 19.2 Å². The number of anilines is 2. The molecule has 9 rings (SSSR count). The third-order valence-corrected chi connectivity index (χ3v) is 17.6. The van der Waals surface area contributed by atoms with E-state index in [2.05, 4.69) is 50.7 Å². The maximum atomic E-state index is 14.2. The number of carbonyl (C=O) groups excluding carboxylic acids is 7. The highest BCUT2D eigenvalue weighted by Gasteiger charge is 2.50. The van der Waals surface area contributed by atoms with Crippen LogP contribution < -0.4 is 49.2 Å². The molecule has 1 saturated carbocycles. The van der Waals surface area contributed by atoms with Gasteiger partial charge in [0.15, 0.2) is 29.2 Å². The summed E-state index contributed by atoms with van der Waals surface area (Å²) in [5.41, 5.74) is 3.39. The molecule has 27 nitrogen and oxygen atoms in total. The molecule has 0 spiro atoms. The number of hydrogen-bond donors (Lipinski definition) is 6. The number of nitrogens with one attached hydrogen (secondary N) is 5. The first kappa shape index (κ1) is 67.6. The minimum atomic E-state index is -4.20. The molecule has 92 heavy (non-hydrogen) atoms. The maximum absolute atomic E-state index is 14.2. The van der Waals surface area contributed by atoms with Crippen LogP contribution in [0.4, 0.5) is 26.7 Å². The van der Waals surface area contributed by atoms with E-state index in [4.69, 9.17) is 37.9 Å². The quantitative estimate of drug-likeness (QED) is 0.0320. The summed E-state index contributed by atoms with van der Waals surface area (Å²) in [6.07, 6.45) is 2.84. The Balaban J connectivity index is 0.706. The second-order valence-corrected chi connectivity index (χ2v) is 25.0. The monoisotopic (exact) mass is 1290 g/mol. The largest absolute Gasteiger partial charge is 0.493 e. The average Bonchev–Trinajstić information content (AvgIpc) is 1.58. The summed E-state index contributed by atoms with van der Waals surface area (Å²) in [7, 11) is -1.31. The number of aliphatic hydroxyl groups is 1. The first-order valence-electron chi connectivity index (χ1n) is 30.5. The Bertz CT molecular complexity index is 3500. The molecule has 7 amide bonds. The summed E-state index contributed by atoms with van der Waals surface area (Å²) in [6.45, 7) is 13.0. The van der Waals surface area contributed by atoms with Crippen LogP contribution in [0.5, 0.6) is 23.0 Å². The van der Waals surface area contributed by atoms with Gasteiger partial charge < -0.3 is 68.8 Å². The molecule has 3 aromatic rings. The molecule has 2 aliphatic carbocycles. The second kappa shape index (κ2) is 30.6. The van der Waals surface area contributed by atoms with E-state index < -0.39 is 82.9 Å². The van der Waals surface area contributed by atoms with Gasteiger partial charge in [0.2, 0.25) is 17.7 Å². The Morgan fingerprint density at radius 3 is 2.09 bits per heavy atom. The highest BCUT2D eigenvalue weighted by atomic mass is 32.2. The third kappa shape index (κ3) is 16.8. The normalized spacial score (nSPS) is 21.0. The molecule has 0 radical (unpaired) electrons. The Morgan fingerprint density at radius 1 is 0.761 bits per heavy atom. The number of methoxy groups -OCH3 is 2. The number of nitrogens with zero attached hydrogens (tertiary/aromatic N) is 4. The molecular formula is C64H79N9O18S. The summed E-state index contributed by atoms with van der Waals surface area (Å²) < 4.78 is 73.9. The van der Waals surface area contributed by atoms with Gasteiger partial charge in [0, 0.05) is 62.9 Å². The summed E-state index contributed by atoms with van der Waals surface area (Å²) >= 11 is 0. The summed E-state index contributed by atoms with van der Waals surface area (Å²) in [6, 6.07) is 9.39. The van der Waals surface area contributed by atoms with Crippen LogP contribution in [0.1, 0.15) is 92.0 Å². The fraction of sp³-hybridized carbons (Fsp3) is 0.500. The second-order valence-electron chi connectivity index (χ2n) is 23.5. The zero-order chi connectivity index (χ0) is 65.8. The molecule has 4 heterocycles. The van der Waals surface area contributed by atoms with Crippen LogP contribution in [0.2, 0.25) is 0 Å². The molecule has 28 heteroatoms. The zero-order valence-electron chi connectivity index (χ0n) is 52.1. The van der Waals surface area contributed by atoms with Gasteiger partial charge in [0.05, 0.1) is 88.4 Å². The van der Waals surface area contributed by atoms with Gasteiger partial charge in [-0.3, -0.25) is 29.0 Å². The minimum Gasteiger partial charge on any atom is -0.493 e. The topological polar surface area (TPSA) is 330 Å². The van der Waals surface area contributed by atoms with Gasteiger partial charge in [-0.2, -0.15) is 13.1 Å². The van der Waals surface area contributed by atoms with E-state index in [1.807, 2.05) is 4.72 Å². The SMILES string of the molecule is C=C1C[C@H]2C=Nc3cc(OCCCOc4cc5c(cc4OC)C(=O)N4CC(=C)C[C@H]4[C@H](O)N5C(=O)OCc4ccc(NC(=O)[C@H](C)NC(=O)[C@@H](NC(=O)COCCOCCNS(=O)(=O)NC(=O)OC[C@@H]5[C@@H]6CCC#CCC[C@@H]65)C(C)C)cc4)c(OC)cc3C(=O)N2C1. The Hall–Kier alpha value is -8.75. The number of hydrogen-bond acceptors (Lipinski definition) is 19. The van der Waals surface area contributed by atoms with Gasteiger partial charge in [-0.05, 0) is 86.1 Å². The maximum Gasteiger partial charge on any atom is 0.421 e. The smallest absolute Gasteiger partial charge is 0.421 e. The molecule has 0 unspecified atom stereocenters. The van der Waals surface area contributed by atoms with Crippen LogP contribution in [0, 0.1) is 35.5 Å². The number of carbonyl (C=O) groups is 7. The first-order valence-corrected chi connectivity index (χ1v) is 32.0. The average molecular weight is 1290 g/mol. The lowest BCUT2D eigenvalue weighted by atomic mass is 10.0. The Labute approximate surface area is 534 Å². The summed E-state index contributed by atoms with van der Waals surface area (Å²) in [5, 5.41) is 19.9. The van der Waals surface area contributed by atoms with Crippen molar-refractivity contribution in [1.82, 2.24) is 29.9 Å². The molecule has 2 saturated heterocycles. The van der Waals surface area contributed by atoms with Crippen molar-refractivity contribution in [3.63, 3.8) is 0 Å². The molecule has 3 aromatic carbocycles. The lowest BCUT2D eigenvalue weighted by Crippen LogP contribution is -2.54. The van der Waals surface area contributed by atoms with Crippen molar-refractivity contribution in [2.75, 3.05) is 90.3 Å². The van der Waals surface area contributed by atoms with Crippen LogP contribution in [-0.2, 0) is 50.1 Å². The molecular weight excluding hydrogens is 1210 g/mol. The predicted molar refractivity (Wildman–Crippen MR) is 335 cm³/mol. The Morgan fingerprint density at radius 2 is 1.40 bits per heavy atom. The van der Waals surface area contributed by atoms with Crippen LogP contribution in [0.15, 0.2) is 77.8 Å². The highest BCUT2D eigenvalue weighted by molar-refractivity contribution is 7.88. The van der Waals surface area contributed by atoms with E-state index in [0.29, 0.717) is 70.8 Å². The molecule has 8 atom stereocenters. The van der Waals surface area contributed by atoms with Crippen molar-refractivity contribution in [1.29, 1.82) is 0 Å². The molecule has 494 valence electrons. The fourth-order valence-electron chi connectivity index (χ4n) is 11.7. The van der Waals surface area contributed by atoms with Crippen molar-refractivity contribution in [3.05, 3.63) is 89.5 Å². The van der Waals surface area contributed by atoms with Gasteiger partial charge in [-0.1, -0.05) is 50.3 Å². The van der Waals surface area contributed by atoms with Crippen molar-refractivity contribution in [2.45, 2.75) is 103 Å². The van der Waals surface area contributed by atoms with Gasteiger partial charge in [0.1, 0.15) is 25.3 Å². The van der Waals surface area contributed by atoms with Gasteiger partial charge in [-0.15, -0.1) is 11.8 Å². The number of benzene rings is 3. The van der Waals surface area contributed by atoms with Crippen molar-refractivity contribution in [2.24, 2.45) is 28.7 Å². The molecule has 4 aliphatic heterocycles. The summed E-state index contributed by atoms with van der Waals surface area (Å²) in [5.74, 6) is 5.57. The Kier molecular flexibility index (Phi) is 22.5. The van der Waals surface area contributed by atoms with Crippen molar-refractivity contribution >= 4 is 75.2 Å². The van der Waals surface area contributed by atoms with Crippen LogP contribution in [-0.4, -0.2) is 182 Å². The lowest BCUT2D eigenvalue weighted by molar-refractivity contribution is -0.133. The minimum absolute atomic E-state index is 0.00242. The molecule has 6 N–H and O–H groups in total.